The van der Waals surface area contributed by atoms with Crippen LogP contribution in [0.4, 0.5) is 0 Å². The standard InChI is InChI=1S/C16H25N/c1-3-15(13-9-5-4-6-10-13)16(17-2)14-11-7-8-12-14/h4-6,9-10,14-17H,3,7-8,11-12H2,1-2H3. The van der Waals surface area contributed by atoms with E-state index < -0.39 is 0 Å². The Morgan fingerprint density at radius 3 is 2.35 bits per heavy atom. The highest BCUT2D eigenvalue weighted by atomic mass is 14.9. The van der Waals surface area contributed by atoms with E-state index in [0.29, 0.717) is 12.0 Å². The topological polar surface area (TPSA) is 12.0 Å². The van der Waals surface area contributed by atoms with Gasteiger partial charge in [0.2, 0.25) is 0 Å². The van der Waals surface area contributed by atoms with Crippen LogP contribution >= 0.6 is 0 Å². The molecule has 0 aliphatic heterocycles. The fourth-order valence-electron chi connectivity index (χ4n) is 3.48. The molecule has 0 heterocycles. The van der Waals surface area contributed by atoms with E-state index in [2.05, 4.69) is 49.6 Å². The van der Waals surface area contributed by atoms with Crippen LogP contribution < -0.4 is 5.32 Å². The summed E-state index contributed by atoms with van der Waals surface area (Å²) in [5, 5.41) is 3.59. The van der Waals surface area contributed by atoms with Gasteiger partial charge in [0, 0.05) is 6.04 Å². The van der Waals surface area contributed by atoms with Gasteiger partial charge < -0.3 is 5.32 Å². The zero-order valence-corrected chi connectivity index (χ0v) is 11.2. The number of hydrogen-bond donors (Lipinski definition) is 1. The molecule has 0 aromatic heterocycles. The second kappa shape index (κ2) is 6.20. The minimum absolute atomic E-state index is 0.657. The number of nitrogens with one attached hydrogen (secondary N) is 1. The van der Waals surface area contributed by atoms with Crippen molar-refractivity contribution in [1.29, 1.82) is 0 Å². The summed E-state index contributed by atoms with van der Waals surface area (Å²) < 4.78 is 0. The molecule has 1 N–H and O–H groups in total. The monoisotopic (exact) mass is 231 g/mol. The Labute approximate surface area is 106 Å². The average molecular weight is 231 g/mol. The number of likely N-dealkylation sites (N-methyl/N-ethyl adjacent to an activating group) is 1. The van der Waals surface area contributed by atoms with E-state index in [1.165, 1.54) is 37.7 Å². The van der Waals surface area contributed by atoms with E-state index in [1.807, 2.05) is 0 Å². The highest BCUT2D eigenvalue weighted by Crippen LogP contribution is 2.35. The molecule has 1 aromatic rings. The number of benzene rings is 1. The molecule has 1 heteroatoms. The van der Waals surface area contributed by atoms with Crippen LogP contribution in [0, 0.1) is 5.92 Å². The zero-order valence-electron chi connectivity index (χ0n) is 11.2. The van der Waals surface area contributed by atoms with E-state index in [4.69, 9.17) is 0 Å². The largest absolute Gasteiger partial charge is 0.316 e. The smallest absolute Gasteiger partial charge is 0.0161 e. The van der Waals surface area contributed by atoms with Crippen molar-refractivity contribution in [2.45, 2.75) is 51.0 Å². The molecule has 2 unspecified atom stereocenters. The summed E-state index contributed by atoms with van der Waals surface area (Å²) in [6.45, 7) is 2.32. The fourth-order valence-corrected chi connectivity index (χ4v) is 3.48. The van der Waals surface area contributed by atoms with E-state index in [9.17, 15) is 0 Å². The predicted octanol–water partition coefficient (Wildman–Crippen LogP) is 3.96. The Morgan fingerprint density at radius 1 is 1.18 bits per heavy atom. The Balaban J connectivity index is 2.15. The molecular formula is C16H25N. The van der Waals surface area contributed by atoms with Gasteiger partial charge in [-0.2, -0.15) is 0 Å². The molecule has 1 aliphatic rings. The van der Waals surface area contributed by atoms with Gasteiger partial charge in [0.1, 0.15) is 0 Å². The van der Waals surface area contributed by atoms with E-state index >= 15 is 0 Å². The fraction of sp³-hybridized carbons (Fsp3) is 0.625. The molecule has 0 spiro atoms. The van der Waals surface area contributed by atoms with Gasteiger partial charge in [0.05, 0.1) is 0 Å². The van der Waals surface area contributed by atoms with Crippen LogP contribution in [0.25, 0.3) is 0 Å². The molecule has 0 amide bonds. The summed E-state index contributed by atoms with van der Waals surface area (Å²) in [7, 11) is 2.13. The van der Waals surface area contributed by atoms with Gasteiger partial charge in [-0.1, -0.05) is 50.1 Å². The summed E-state index contributed by atoms with van der Waals surface area (Å²) in [6, 6.07) is 11.7. The van der Waals surface area contributed by atoms with Gasteiger partial charge in [-0.05, 0) is 43.7 Å². The predicted molar refractivity (Wildman–Crippen MR) is 74.3 cm³/mol. The van der Waals surface area contributed by atoms with Gasteiger partial charge in [-0.15, -0.1) is 0 Å². The van der Waals surface area contributed by atoms with Crippen LogP contribution in [0.2, 0.25) is 0 Å². The SMILES string of the molecule is CCC(c1ccccc1)C(NC)C1CCCC1. The Kier molecular flexibility index (Phi) is 4.61. The van der Waals surface area contributed by atoms with Gasteiger partial charge in [0.25, 0.3) is 0 Å². The maximum atomic E-state index is 3.59. The lowest BCUT2D eigenvalue weighted by Crippen LogP contribution is -2.37. The van der Waals surface area contributed by atoms with Crippen molar-refractivity contribution in [3.63, 3.8) is 0 Å². The van der Waals surface area contributed by atoms with Crippen LogP contribution in [-0.4, -0.2) is 13.1 Å². The van der Waals surface area contributed by atoms with Crippen molar-refractivity contribution in [2.75, 3.05) is 7.05 Å². The maximum absolute atomic E-state index is 3.59. The Hall–Kier alpha value is -0.820. The third-order valence-electron chi connectivity index (χ3n) is 4.34. The van der Waals surface area contributed by atoms with Crippen LogP contribution in [0.3, 0.4) is 0 Å². The molecular weight excluding hydrogens is 206 g/mol. The lowest BCUT2D eigenvalue weighted by Gasteiger charge is -2.31. The number of hydrogen-bond acceptors (Lipinski definition) is 1. The van der Waals surface area contributed by atoms with Crippen molar-refractivity contribution in [1.82, 2.24) is 5.32 Å². The molecule has 0 bridgehead atoms. The zero-order chi connectivity index (χ0) is 12.1. The van der Waals surface area contributed by atoms with E-state index in [-0.39, 0.29) is 0 Å². The normalized spacial score (nSPS) is 20.4. The summed E-state index contributed by atoms with van der Waals surface area (Å²) in [5.74, 6) is 1.55. The summed E-state index contributed by atoms with van der Waals surface area (Å²) in [6.07, 6.45) is 6.90. The molecule has 94 valence electrons. The minimum atomic E-state index is 0.657. The first-order chi connectivity index (χ1) is 8.36. The first-order valence-corrected chi connectivity index (χ1v) is 7.09. The Bertz CT molecular complexity index is 314. The van der Waals surface area contributed by atoms with Crippen LogP contribution in [-0.2, 0) is 0 Å². The summed E-state index contributed by atoms with van der Waals surface area (Å²) in [4.78, 5) is 0. The highest BCUT2D eigenvalue weighted by Gasteiger charge is 2.30. The molecule has 0 radical (unpaired) electrons. The molecule has 1 saturated carbocycles. The lowest BCUT2D eigenvalue weighted by atomic mass is 9.81. The van der Waals surface area contributed by atoms with Gasteiger partial charge in [-0.25, -0.2) is 0 Å². The van der Waals surface area contributed by atoms with Crippen molar-refractivity contribution < 1.29 is 0 Å². The number of rotatable bonds is 5. The van der Waals surface area contributed by atoms with Crippen LogP contribution in [0.1, 0.15) is 50.5 Å². The molecule has 0 saturated heterocycles. The summed E-state index contributed by atoms with van der Waals surface area (Å²) in [5.41, 5.74) is 1.50. The minimum Gasteiger partial charge on any atom is -0.316 e. The molecule has 1 aliphatic carbocycles. The average Bonchev–Trinajstić information content (AvgIpc) is 2.90. The van der Waals surface area contributed by atoms with Crippen molar-refractivity contribution in [3.05, 3.63) is 35.9 Å². The highest BCUT2D eigenvalue weighted by molar-refractivity contribution is 5.21. The third kappa shape index (κ3) is 2.90. The molecule has 1 aromatic carbocycles. The second-order valence-electron chi connectivity index (χ2n) is 5.28. The van der Waals surface area contributed by atoms with Gasteiger partial charge >= 0.3 is 0 Å². The Morgan fingerprint density at radius 2 is 1.82 bits per heavy atom. The van der Waals surface area contributed by atoms with Gasteiger partial charge in [0.15, 0.2) is 0 Å². The van der Waals surface area contributed by atoms with Crippen molar-refractivity contribution in [2.24, 2.45) is 5.92 Å². The van der Waals surface area contributed by atoms with Crippen molar-refractivity contribution >= 4 is 0 Å². The molecule has 1 nitrogen and oxygen atoms in total. The van der Waals surface area contributed by atoms with Crippen LogP contribution in [0.15, 0.2) is 30.3 Å². The van der Waals surface area contributed by atoms with E-state index in [1.54, 1.807) is 0 Å². The molecule has 1 fully saturated rings. The third-order valence-corrected chi connectivity index (χ3v) is 4.34. The molecule has 2 rings (SSSR count). The molecule has 17 heavy (non-hydrogen) atoms. The van der Waals surface area contributed by atoms with Crippen LogP contribution in [0.5, 0.6) is 0 Å². The molecule has 2 atom stereocenters. The first kappa shape index (κ1) is 12.6. The lowest BCUT2D eigenvalue weighted by molar-refractivity contribution is 0.320. The van der Waals surface area contributed by atoms with Crippen molar-refractivity contribution in [3.8, 4) is 0 Å². The maximum Gasteiger partial charge on any atom is 0.0161 e. The quantitative estimate of drug-likeness (QED) is 0.809. The summed E-state index contributed by atoms with van der Waals surface area (Å²) >= 11 is 0. The van der Waals surface area contributed by atoms with Gasteiger partial charge in [-0.3, -0.25) is 0 Å². The first-order valence-electron chi connectivity index (χ1n) is 7.09. The second-order valence-corrected chi connectivity index (χ2v) is 5.28. The van der Waals surface area contributed by atoms with E-state index in [0.717, 1.165) is 5.92 Å².